The van der Waals surface area contributed by atoms with E-state index in [2.05, 4.69) is 71.9 Å². The van der Waals surface area contributed by atoms with Crippen LogP contribution in [0.1, 0.15) is 45.2 Å². The lowest BCUT2D eigenvalue weighted by Gasteiger charge is -2.19. The zero-order valence-corrected chi connectivity index (χ0v) is 18.6. The Morgan fingerprint density at radius 1 is 1.07 bits per heavy atom. The van der Waals surface area contributed by atoms with E-state index in [0.29, 0.717) is 13.0 Å². The molecule has 0 spiro atoms. The van der Waals surface area contributed by atoms with Crippen LogP contribution in [0.4, 0.5) is 0 Å². The lowest BCUT2D eigenvalue weighted by molar-refractivity contribution is -0.140. The zero-order chi connectivity index (χ0) is 21.3. The molecule has 2 atom stereocenters. The highest BCUT2D eigenvalue weighted by atomic mass is 32.2. The molecule has 0 aliphatic carbocycles. The summed E-state index contributed by atoms with van der Waals surface area (Å²) in [6.07, 6.45) is 0.641. The van der Waals surface area contributed by atoms with Gasteiger partial charge in [-0.1, -0.05) is 87.1 Å². The first-order valence-corrected chi connectivity index (χ1v) is 11.1. The SMILES string of the molecule is C[C@@H]1C[C@@H](Sc2nnc(-c3ccc(C(C)(C)C)cc3)n2Cc2ccccc2)C(=O)O1. The third-order valence-corrected chi connectivity index (χ3v) is 6.47. The summed E-state index contributed by atoms with van der Waals surface area (Å²) < 4.78 is 7.42. The molecule has 0 radical (unpaired) electrons. The van der Waals surface area contributed by atoms with Gasteiger partial charge < -0.3 is 4.74 Å². The number of nitrogens with zero attached hydrogens (tertiary/aromatic N) is 3. The number of ether oxygens (including phenoxy) is 1. The van der Waals surface area contributed by atoms with Crippen LogP contribution in [0.2, 0.25) is 0 Å². The number of hydrogen-bond acceptors (Lipinski definition) is 5. The van der Waals surface area contributed by atoms with E-state index in [1.807, 2.05) is 25.1 Å². The molecule has 1 aliphatic heterocycles. The highest BCUT2D eigenvalue weighted by Gasteiger charge is 2.34. The lowest BCUT2D eigenvalue weighted by atomic mass is 9.87. The van der Waals surface area contributed by atoms with Gasteiger partial charge in [0.25, 0.3) is 0 Å². The number of cyclic esters (lactones) is 1. The molecule has 6 heteroatoms. The van der Waals surface area contributed by atoms with Crippen molar-refractivity contribution in [3.63, 3.8) is 0 Å². The highest BCUT2D eigenvalue weighted by Crippen LogP contribution is 2.34. The number of carbonyl (C=O) groups excluding carboxylic acids is 1. The molecule has 1 fully saturated rings. The average molecular weight is 422 g/mol. The Bertz CT molecular complexity index is 1020. The fourth-order valence-corrected chi connectivity index (χ4v) is 4.70. The van der Waals surface area contributed by atoms with Crippen LogP contribution in [0.5, 0.6) is 0 Å². The largest absolute Gasteiger partial charge is 0.462 e. The third kappa shape index (κ3) is 4.43. The summed E-state index contributed by atoms with van der Waals surface area (Å²) >= 11 is 1.45. The molecule has 1 saturated heterocycles. The molecule has 0 bridgehead atoms. The van der Waals surface area contributed by atoms with E-state index in [4.69, 9.17) is 4.74 Å². The summed E-state index contributed by atoms with van der Waals surface area (Å²) in [5.41, 5.74) is 3.55. The molecule has 2 heterocycles. The van der Waals surface area contributed by atoms with Crippen LogP contribution in [-0.4, -0.2) is 32.1 Å². The van der Waals surface area contributed by atoms with Gasteiger partial charge in [0.05, 0.1) is 6.54 Å². The summed E-state index contributed by atoms with van der Waals surface area (Å²) in [6.45, 7) is 9.18. The van der Waals surface area contributed by atoms with Gasteiger partial charge in [0.1, 0.15) is 11.4 Å². The minimum Gasteiger partial charge on any atom is -0.462 e. The van der Waals surface area contributed by atoms with Gasteiger partial charge in [-0.25, -0.2) is 0 Å². The summed E-state index contributed by atoms with van der Waals surface area (Å²) in [4.78, 5) is 12.2. The van der Waals surface area contributed by atoms with E-state index >= 15 is 0 Å². The Labute approximate surface area is 181 Å². The van der Waals surface area contributed by atoms with Gasteiger partial charge in [0, 0.05) is 12.0 Å². The lowest BCUT2D eigenvalue weighted by Crippen LogP contribution is -2.12. The summed E-state index contributed by atoms with van der Waals surface area (Å²) in [7, 11) is 0. The van der Waals surface area contributed by atoms with Gasteiger partial charge in [0.2, 0.25) is 0 Å². The predicted molar refractivity (Wildman–Crippen MR) is 120 cm³/mol. The van der Waals surface area contributed by atoms with Crippen LogP contribution in [-0.2, 0) is 21.5 Å². The van der Waals surface area contributed by atoms with Gasteiger partial charge in [-0.3, -0.25) is 9.36 Å². The molecule has 0 saturated carbocycles. The van der Waals surface area contributed by atoms with Gasteiger partial charge in [-0.15, -0.1) is 10.2 Å². The van der Waals surface area contributed by atoms with E-state index < -0.39 is 0 Å². The molecule has 3 aromatic rings. The molecular formula is C24H27N3O2S. The number of benzene rings is 2. The standard InChI is InChI=1S/C24H27N3O2S/c1-16-14-20(22(28)29-16)30-23-26-25-21(27(23)15-17-8-6-5-7-9-17)18-10-12-19(13-11-18)24(2,3)4/h5-13,16,20H,14-15H2,1-4H3/t16-,20-/m1/s1. The maximum Gasteiger partial charge on any atom is 0.319 e. The van der Waals surface area contributed by atoms with Gasteiger partial charge in [-0.2, -0.15) is 0 Å². The first kappa shape index (κ1) is 20.7. The molecule has 0 unspecified atom stereocenters. The Hall–Kier alpha value is -2.60. The monoisotopic (exact) mass is 421 g/mol. The van der Waals surface area contributed by atoms with Crippen molar-refractivity contribution in [3.05, 3.63) is 65.7 Å². The second-order valence-electron chi connectivity index (χ2n) is 8.79. The summed E-state index contributed by atoms with van der Waals surface area (Å²) in [5.74, 6) is 0.638. The topological polar surface area (TPSA) is 57.0 Å². The van der Waals surface area contributed by atoms with Crippen molar-refractivity contribution in [1.29, 1.82) is 0 Å². The Kier molecular flexibility index (Phi) is 5.69. The number of esters is 1. The molecule has 2 aromatic carbocycles. The molecule has 0 amide bonds. The third-order valence-electron chi connectivity index (χ3n) is 5.28. The molecule has 1 aromatic heterocycles. The van der Waals surface area contributed by atoms with Crippen molar-refractivity contribution >= 4 is 17.7 Å². The van der Waals surface area contributed by atoms with Crippen LogP contribution in [0.15, 0.2) is 59.8 Å². The van der Waals surface area contributed by atoms with Crippen LogP contribution in [0, 0.1) is 0 Å². The minimum atomic E-state index is -0.241. The molecular weight excluding hydrogens is 394 g/mol. The van der Waals surface area contributed by atoms with Crippen molar-refractivity contribution in [2.45, 2.75) is 62.6 Å². The Morgan fingerprint density at radius 2 is 1.77 bits per heavy atom. The highest BCUT2D eigenvalue weighted by molar-refractivity contribution is 8.00. The first-order chi connectivity index (χ1) is 14.3. The van der Waals surface area contributed by atoms with Crippen molar-refractivity contribution in [2.75, 3.05) is 0 Å². The van der Waals surface area contributed by atoms with Crippen LogP contribution < -0.4 is 0 Å². The Morgan fingerprint density at radius 3 is 2.37 bits per heavy atom. The second kappa shape index (κ2) is 8.26. The number of thioether (sulfide) groups is 1. The molecule has 4 rings (SSSR count). The molecule has 156 valence electrons. The zero-order valence-electron chi connectivity index (χ0n) is 17.8. The number of aromatic nitrogens is 3. The van der Waals surface area contributed by atoms with Crippen molar-refractivity contribution in [1.82, 2.24) is 14.8 Å². The minimum absolute atomic E-state index is 0.0510. The molecule has 5 nitrogen and oxygen atoms in total. The fourth-order valence-electron chi connectivity index (χ4n) is 3.56. The number of rotatable bonds is 5. The van der Waals surface area contributed by atoms with Crippen molar-refractivity contribution < 1.29 is 9.53 Å². The van der Waals surface area contributed by atoms with Crippen LogP contribution in [0.25, 0.3) is 11.4 Å². The molecule has 30 heavy (non-hydrogen) atoms. The van der Waals surface area contributed by atoms with E-state index in [9.17, 15) is 4.79 Å². The van der Waals surface area contributed by atoms with Crippen molar-refractivity contribution in [2.24, 2.45) is 0 Å². The van der Waals surface area contributed by atoms with E-state index in [1.165, 1.54) is 17.3 Å². The number of hydrogen-bond donors (Lipinski definition) is 0. The van der Waals surface area contributed by atoms with Gasteiger partial charge >= 0.3 is 5.97 Å². The second-order valence-corrected chi connectivity index (χ2v) is 9.96. The summed E-state index contributed by atoms with van der Waals surface area (Å²) in [6, 6.07) is 18.8. The van der Waals surface area contributed by atoms with Crippen molar-refractivity contribution in [3.8, 4) is 11.4 Å². The molecule has 0 N–H and O–H groups in total. The fraction of sp³-hybridized carbons (Fsp3) is 0.375. The van der Waals surface area contributed by atoms with Gasteiger partial charge in [0.15, 0.2) is 11.0 Å². The van der Waals surface area contributed by atoms with E-state index in [1.54, 1.807) is 0 Å². The van der Waals surface area contributed by atoms with Crippen LogP contribution >= 0.6 is 11.8 Å². The quantitative estimate of drug-likeness (QED) is 0.537. The van der Waals surface area contributed by atoms with E-state index in [0.717, 1.165) is 22.1 Å². The average Bonchev–Trinajstić information content (AvgIpc) is 3.24. The van der Waals surface area contributed by atoms with Gasteiger partial charge in [-0.05, 0) is 23.5 Å². The predicted octanol–water partition coefficient (Wildman–Crippen LogP) is 5.09. The maximum absolute atomic E-state index is 12.2. The summed E-state index contributed by atoms with van der Waals surface area (Å²) in [5, 5.41) is 9.45. The Balaban J connectivity index is 1.69. The number of carbonyl (C=O) groups is 1. The normalized spacial score (nSPS) is 19.1. The van der Waals surface area contributed by atoms with Crippen LogP contribution in [0.3, 0.4) is 0 Å². The van der Waals surface area contributed by atoms with E-state index in [-0.39, 0.29) is 22.7 Å². The first-order valence-electron chi connectivity index (χ1n) is 10.3. The smallest absolute Gasteiger partial charge is 0.319 e. The molecule has 1 aliphatic rings. The maximum atomic E-state index is 12.2.